The number of nitrogens with zero attached hydrogens (tertiary/aromatic N) is 2. The molecule has 2 rings (SSSR count). The maximum atomic E-state index is 4.55. The van der Waals surface area contributed by atoms with E-state index in [0.717, 1.165) is 25.4 Å². The van der Waals surface area contributed by atoms with Crippen molar-refractivity contribution in [3.05, 3.63) is 15.9 Å². The van der Waals surface area contributed by atoms with E-state index < -0.39 is 0 Å². The van der Waals surface area contributed by atoms with E-state index in [0.29, 0.717) is 5.92 Å². The Morgan fingerprint density at radius 3 is 2.78 bits per heavy atom. The highest BCUT2D eigenvalue weighted by molar-refractivity contribution is 9.10. The molecule has 4 heteroatoms. The first-order valence-electron chi connectivity index (χ1n) is 7.05. The van der Waals surface area contributed by atoms with Gasteiger partial charge in [0, 0.05) is 13.1 Å². The highest BCUT2D eigenvalue weighted by Gasteiger charge is 2.20. The molecular weight excluding hydrogens is 290 g/mol. The van der Waals surface area contributed by atoms with Crippen LogP contribution in [0, 0.1) is 5.92 Å². The van der Waals surface area contributed by atoms with Crippen LogP contribution in [0.2, 0.25) is 0 Å². The zero-order chi connectivity index (χ0) is 13.1. The summed E-state index contributed by atoms with van der Waals surface area (Å²) in [5.41, 5.74) is 2.52. The van der Waals surface area contributed by atoms with Crippen LogP contribution in [0.5, 0.6) is 0 Å². The normalized spacial score (nSPS) is 17.1. The van der Waals surface area contributed by atoms with Crippen LogP contribution in [0.25, 0.3) is 0 Å². The van der Waals surface area contributed by atoms with E-state index in [2.05, 4.69) is 47.2 Å². The molecule has 1 aliphatic rings. The van der Waals surface area contributed by atoms with Crippen LogP contribution in [0.1, 0.15) is 44.5 Å². The van der Waals surface area contributed by atoms with Crippen LogP contribution < -0.4 is 5.32 Å². The Morgan fingerprint density at radius 1 is 1.50 bits per heavy atom. The van der Waals surface area contributed by atoms with Gasteiger partial charge in [-0.2, -0.15) is 5.10 Å². The van der Waals surface area contributed by atoms with Crippen LogP contribution in [0.4, 0.5) is 0 Å². The van der Waals surface area contributed by atoms with Gasteiger partial charge < -0.3 is 5.32 Å². The number of aryl methyl sites for hydroxylation is 2. The molecular formula is C14H24BrN3. The lowest BCUT2D eigenvalue weighted by molar-refractivity contribution is 0.482. The van der Waals surface area contributed by atoms with Crippen molar-refractivity contribution in [3.63, 3.8) is 0 Å². The topological polar surface area (TPSA) is 29.9 Å². The molecule has 1 heterocycles. The predicted octanol–water partition coefficient (Wildman–Crippen LogP) is 3.07. The quantitative estimate of drug-likeness (QED) is 0.838. The van der Waals surface area contributed by atoms with Crippen molar-refractivity contribution in [2.45, 2.75) is 52.0 Å². The van der Waals surface area contributed by atoms with Crippen LogP contribution in [-0.2, 0) is 19.9 Å². The number of aromatic nitrogens is 2. The zero-order valence-corrected chi connectivity index (χ0v) is 13.3. The molecule has 1 saturated carbocycles. The highest BCUT2D eigenvalue weighted by atomic mass is 79.9. The molecule has 1 aromatic heterocycles. The molecule has 1 aliphatic carbocycles. The zero-order valence-electron chi connectivity index (χ0n) is 11.7. The molecule has 0 spiro atoms. The van der Waals surface area contributed by atoms with E-state index in [1.54, 1.807) is 0 Å². The number of halogens is 1. The standard InChI is InChI=1S/C14H24BrN3/c1-4-12-14(15)13(18(3)17-12)9-10(2)7-8-16-11-5-6-11/h10-11,16H,4-9H2,1-3H3. The molecule has 1 unspecified atom stereocenters. The van der Waals surface area contributed by atoms with Gasteiger partial charge in [-0.3, -0.25) is 4.68 Å². The molecule has 0 saturated heterocycles. The number of hydrogen-bond donors (Lipinski definition) is 1. The minimum absolute atomic E-state index is 0.702. The average Bonchev–Trinajstić information content (AvgIpc) is 3.11. The molecule has 1 aromatic rings. The van der Waals surface area contributed by atoms with E-state index in [4.69, 9.17) is 0 Å². The van der Waals surface area contributed by atoms with E-state index in [1.807, 2.05) is 4.68 Å². The summed E-state index contributed by atoms with van der Waals surface area (Å²) in [6.07, 6.45) is 6.10. The Morgan fingerprint density at radius 2 is 2.22 bits per heavy atom. The maximum Gasteiger partial charge on any atom is 0.0766 e. The Hall–Kier alpha value is -0.350. The van der Waals surface area contributed by atoms with E-state index in [1.165, 1.54) is 35.1 Å². The minimum Gasteiger partial charge on any atom is -0.314 e. The van der Waals surface area contributed by atoms with Gasteiger partial charge in [-0.05, 0) is 60.5 Å². The Labute approximate surface area is 118 Å². The van der Waals surface area contributed by atoms with Crippen LogP contribution >= 0.6 is 15.9 Å². The average molecular weight is 314 g/mol. The third kappa shape index (κ3) is 3.58. The largest absolute Gasteiger partial charge is 0.314 e. The fraction of sp³-hybridized carbons (Fsp3) is 0.786. The third-order valence-electron chi connectivity index (χ3n) is 3.69. The molecule has 0 bridgehead atoms. The summed E-state index contributed by atoms with van der Waals surface area (Å²) in [5, 5.41) is 8.14. The first-order chi connectivity index (χ1) is 8.61. The van der Waals surface area contributed by atoms with Crippen molar-refractivity contribution in [2.24, 2.45) is 13.0 Å². The van der Waals surface area contributed by atoms with Crippen LogP contribution in [0.15, 0.2) is 4.47 Å². The lowest BCUT2D eigenvalue weighted by atomic mass is 10.0. The first-order valence-corrected chi connectivity index (χ1v) is 7.84. The summed E-state index contributed by atoms with van der Waals surface area (Å²) < 4.78 is 3.25. The second kappa shape index (κ2) is 6.20. The number of rotatable bonds is 7. The van der Waals surface area contributed by atoms with Gasteiger partial charge in [0.05, 0.1) is 15.9 Å². The van der Waals surface area contributed by atoms with E-state index in [-0.39, 0.29) is 0 Å². The van der Waals surface area contributed by atoms with Gasteiger partial charge in [-0.1, -0.05) is 13.8 Å². The summed E-state index contributed by atoms with van der Waals surface area (Å²) in [6.45, 7) is 5.64. The fourth-order valence-electron chi connectivity index (χ4n) is 2.30. The van der Waals surface area contributed by atoms with Crippen molar-refractivity contribution in [3.8, 4) is 0 Å². The van der Waals surface area contributed by atoms with Gasteiger partial charge in [0.2, 0.25) is 0 Å². The summed E-state index contributed by atoms with van der Waals surface area (Å²) >= 11 is 3.69. The van der Waals surface area contributed by atoms with E-state index >= 15 is 0 Å². The molecule has 102 valence electrons. The molecule has 18 heavy (non-hydrogen) atoms. The first kappa shape index (κ1) is 14.1. The van der Waals surface area contributed by atoms with E-state index in [9.17, 15) is 0 Å². The highest BCUT2D eigenvalue weighted by Crippen LogP contribution is 2.25. The lowest BCUT2D eigenvalue weighted by Crippen LogP contribution is -2.20. The van der Waals surface area contributed by atoms with Gasteiger partial charge in [0.15, 0.2) is 0 Å². The van der Waals surface area contributed by atoms with Gasteiger partial charge in [-0.15, -0.1) is 0 Å². The minimum atomic E-state index is 0.702. The SMILES string of the molecule is CCc1nn(C)c(CC(C)CCNC2CC2)c1Br. The molecule has 0 aromatic carbocycles. The van der Waals surface area contributed by atoms with Crippen LogP contribution in [-0.4, -0.2) is 22.4 Å². The third-order valence-corrected chi connectivity index (χ3v) is 4.61. The number of nitrogens with one attached hydrogen (secondary N) is 1. The van der Waals surface area contributed by atoms with Crippen molar-refractivity contribution in [2.75, 3.05) is 6.54 Å². The summed E-state index contributed by atoms with van der Waals surface area (Å²) in [7, 11) is 2.05. The van der Waals surface area contributed by atoms with Crippen molar-refractivity contribution >= 4 is 15.9 Å². The maximum absolute atomic E-state index is 4.55. The molecule has 1 fully saturated rings. The van der Waals surface area contributed by atoms with Crippen LogP contribution in [0.3, 0.4) is 0 Å². The smallest absolute Gasteiger partial charge is 0.0766 e. The Bertz CT molecular complexity index is 396. The fourth-order valence-corrected chi connectivity index (χ4v) is 3.07. The molecule has 3 nitrogen and oxygen atoms in total. The second-order valence-corrected chi connectivity index (χ2v) is 6.30. The predicted molar refractivity (Wildman–Crippen MR) is 78.8 cm³/mol. The lowest BCUT2D eigenvalue weighted by Gasteiger charge is -2.12. The summed E-state index contributed by atoms with van der Waals surface area (Å²) in [4.78, 5) is 0. The monoisotopic (exact) mass is 313 g/mol. The molecule has 0 amide bonds. The Balaban J connectivity index is 1.84. The summed E-state index contributed by atoms with van der Waals surface area (Å²) in [5.74, 6) is 0.702. The van der Waals surface area contributed by atoms with Gasteiger partial charge in [0.25, 0.3) is 0 Å². The van der Waals surface area contributed by atoms with Crippen molar-refractivity contribution in [1.29, 1.82) is 0 Å². The van der Waals surface area contributed by atoms with Gasteiger partial charge in [-0.25, -0.2) is 0 Å². The number of hydrogen-bond acceptors (Lipinski definition) is 2. The summed E-state index contributed by atoms with van der Waals surface area (Å²) in [6, 6.07) is 0.826. The Kier molecular flexibility index (Phi) is 4.84. The van der Waals surface area contributed by atoms with Crippen molar-refractivity contribution in [1.82, 2.24) is 15.1 Å². The van der Waals surface area contributed by atoms with Gasteiger partial charge in [0.1, 0.15) is 0 Å². The molecule has 1 atom stereocenters. The van der Waals surface area contributed by atoms with Crippen molar-refractivity contribution < 1.29 is 0 Å². The molecule has 1 N–H and O–H groups in total. The van der Waals surface area contributed by atoms with Gasteiger partial charge >= 0.3 is 0 Å². The molecule has 0 radical (unpaired) electrons. The molecule has 0 aliphatic heterocycles. The second-order valence-electron chi connectivity index (χ2n) is 5.51.